The van der Waals surface area contributed by atoms with E-state index in [1.165, 1.54) is 4.88 Å². The standard InChI is InChI=1S/C14H14N4S/c1-10-13(19-9-18-10)4-7-17-14-12-8-15-5-2-11(12)3-6-16-14/h2-3,5-6,8-9H,4,7H2,1H3,(H,16,17). The van der Waals surface area contributed by atoms with Crippen molar-refractivity contribution >= 4 is 27.9 Å². The largest absolute Gasteiger partial charge is 0.369 e. The van der Waals surface area contributed by atoms with Crippen molar-refractivity contribution in [1.29, 1.82) is 0 Å². The monoisotopic (exact) mass is 270 g/mol. The van der Waals surface area contributed by atoms with E-state index in [0.717, 1.165) is 35.2 Å². The van der Waals surface area contributed by atoms with Gasteiger partial charge in [0, 0.05) is 41.8 Å². The molecule has 0 aliphatic heterocycles. The summed E-state index contributed by atoms with van der Waals surface area (Å²) in [5.74, 6) is 0.896. The summed E-state index contributed by atoms with van der Waals surface area (Å²) in [5, 5.41) is 5.60. The minimum atomic E-state index is 0.851. The predicted octanol–water partition coefficient (Wildman–Crippen LogP) is 3.05. The van der Waals surface area contributed by atoms with E-state index in [2.05, 4.69) is 20.3 Å². The van der Waals surface area contributed by atoms with Crippen molar-refractivity contribution in [3.8, 4) is 0 Å². The van der Waals surface area contributed by atoms with Crippen LogP contribution in [0, 0.1) is 6.92 Å². The third-order valence-corrected chi connectivity index (χ3v) is 4.05. The lowest BCUT2D eigenvalue weighted by atomic mass is 10.2. The van der Waals surface area contributed by atoms with Gasteiger partial charge < -0.3 is 5.32 Å². The molecule has 0 radical (unpaired) electrons. The van der Waals surface area contributed by atoms with Gasteiger partial charge in [0.15, 0.2) is 0 Å². The summed E-state index contributed by atoms with van der Waals surface area (Å²) in [7, 11) is 0. The molecule has 5 heteroatoms. The van der Waals surface area contributed by atoms with E-state index < -0.39 is 0 Å². The number of aromatic nitrogens is 3. The van der Waals surface area contributed by atoms with Crippen LogP contribution in [0.4, 0.5) is 5.82 Å². The number of anilines is 1. The highest BCUT2D eigenvalue weighted by molar-refractivity contribution is 7.09. The molecule has 0 bridgehead atoms. The average Bonchev–Trinajstić information content (AvgIpc) is 2.85. The molecule has 0 aliphatic rings. The average molecular weight is 270 g/mol. The topological polar surface area (TPSA) is 50.7 Å². The Morgan fingerprint density at radius 3 is 2.95 bits per heavy atom. The zero-order valence-electron chi connectivity index (χ0n) is 10.6. The number of nitrogens with one attached hydrogen (secondary N) is 1. The molecule has 0 saturated heterocycles. The van der Waals surface area contributed by atoms with Gasteiger partial charge in [0.25, 0.3) is 0 Å². The molecular weight excluding hydrogens is 256 g/mol. The molecule has 0 spiro atoms. The molecule has 0 fully saturated rings. The fourth-order valence-corrected chi connectivity index (χ4v) is 2.79. The molecule has 3 aromatic rings. The highest BCUT2D eigenvalue weighted by Crippen LogP contribution is 2.19. The molecule has 4 nitrogen and oxygen atoms in total. The van der Waals surface area contributed by atoms with E-state index in [0.29, 0.717) is 0 Å². The molecular formula is C14H14N4S. The number of aryl methyl sites for hydroxylation is 1. The zero-order chi connectivity index (χ0) is 13.1. The molecule has 3 rings (SSSR count). The number of thiazole rings is 1. The van der Waals surface area contributed by atoms with Gasteiger partial charge in [-0.05, 0) is 24.4 Å². The van der Waals surface area contributed by atoms with E-state index >= 15 is 0 Å². The lowest BCUT2D eigenvalue weighted by Crippen LogP contribution is -2.06. The van der Waals surface area contributed by atoms with Crippen LogP contribution in [0.25, 0.3) is 10.8 Å². The Labute approximate surface area is 115 Å². The first-order chi connectivity index (χ1) is 9.34. The van der Waals surface area contributed by atoms with Crippen LogP contribution >= 0.6 is 11.3 Å². The summed E-state index contributed by atoms with van der Waals surface area (Å²) in [6.07, 6.45) is 6.44. The maximum absolute atomic E-state index is 4.38. The van der Waals surface area contributed by atoms with Gasteiger partial charge in [0.05, 0.1) is 11.2 Å². The molecule has 0 amide bonds. The SMILES string of the molecule is Cc1ncsc1CCNc1nccc2ccncc12. The van der Waals surface area contributed by atoms with Crippen LogP contribution < -0.4 is 5.32 Å². The molecule has 0 unspecified atom stereocenters. The van der Waals surface area contributed by atoms with Gasteiger partial charge in [0.2, 0.25) is 0 Å². The van der Waals surface area contributed by atoms with Crippen molar-refractivity contribution in [3.05, 3.63) is 46.8 Å². The van der Waals surface area contributed by atoms with E-state index in [-0.39, 0.29) is 0 Å². The van der Waals surface area contributed by atoms with Crippen LogP contribution in [-0.4, -0.2) is 21.5 Å². The molecule has 19 heavy (non-hydrogen) atoms. The molecule has 3 aromatic heterocycles. The Morgan fingerprint density at radius 1 is 1.21 bits per heavy atom. The first-order valence-corrected chi connectivity index (χ1v) is 7.04. The lowest BCUT2D eigenvalue weighted by molar-refractivity contribution is 1.01. The van der Waals surface area contributed by atoms with Crippen molar-refractivity contribution in [2.75, 3.05) is 11.9 Å². The van der Waals surface area contributed by atoms with Crippen molar-refractivity contribution in [3.63, 3.8) is 0 Å². The van der Waals surface area contributed by atoms with Crippen LogP contribution in [0.5, 0.6) is 0 Å². The Hall–Kier alpha value is -2.01. The Bertz CT molecular complexity index is 687. The first-order valence-electron chi connectivity index (χ1n) is 6.16. The maximum atomic E-state index is 4.38. The van der Waals surface area contributed by atoms with E-state index in [4.69, 9.17) is 0 Å². The van der Waals surface area contributed by atoms with Crippen LogP contribution in [0.3, 0.4) is 0 Å². The number of hydrogen-bond acceptors (Lipinski definition) is 5. The molecule has 0 atom stereocenters. The summed E-state index contributed by atoms with van der Waals surface area (Å²) in [6.45, 7) is 2.90. The number of pyridine rings is 2. The molecule has 0 aliphatic carbocycles. The first kappa shape index (κ1) is 12.0. The summed E-state index contributed by atoms with van der Waals surface area (Å²) in [6, 6.07) is 3.99. The second kappa shape index (κ2) is 5.32. The highest BCUT2D eigenvalue weighted by atomic mass is 32.1. The summed E-state index contributed by atoms with van der Waals surface area (Å²) in [4.78, 5) is 14.1. The molecule has 0 saturated carbocycles. The minimum absolute atomic E-state index is 0.851. The van der Waals surface area contributed by atoms with Gasteiger partial charge in [-0.3, -0.25) is 4.98 Å². The lowest BCUT2D eigenvalue weighted by Gasteiger charge is -2.07. The van der Waals surface area contributed by atoms with Gasteiger partial charge in [-0.2, -0.15) is 0 Å². The Morgan fingerprint density at radius 2 is 2.11 bits per heavy atom. The van der Waals surface area contributed by atoms with E-state index in [1.54, 1.807) is 17.5 Å². The van der Waals surface area contributed by atoms with Crippen molar-refractivity contribution in [2.24, 2.45) is 0 Å². The second-order valence-corrected chi connectivity index (χ2v) is 5.23. The fourth-order valence-electron chi connectivity index (χ4n) is 2.01. The highest BCUT2D eigenvalue weighted by Gasteiger charge is 2.04. The zero-order valence-corrected chi connectivity index (χ0v) is 11.4. The number of hydrogen-bond donors (Lipinski definition) is 1. The summed E-state index contributed by atoms with van der Waals surface area (Å²) in [5.41, 5.74) is 3.02. The minimum Gasteiger partial charge on any atom is -0.369 e. The third kappa shape index (κ3) is 2.56. The third-order valence-electron chi connectivity index (χ3n) is 3.06. The van der Waals surface area contributed by atoms with Crippen molar-refractivity contribution in [2.45, 2.75) is 13.3 Å². The molecule has 3 heterocycles. The Balaban J connectivity index is 1.74. The van der Waals surface area contributed by atoms with Gasteiger partial charge in [-0.25, -0.2) is 9.97 Å². The van der Waals surface area contributed by atoms with Crippen molar-refractivity contribution < 1.29 is 0 Å². The van der Waals surface area contributed by atoms with Crippen LogP contribution in [0.15, 0.2) is 36.2 Å². The van der Waals surface area contributed by atoms with E-state index in [1.807, 2.05) is 37.0 Å². The van der Waals surface area contributed by atoms with Crippen LogP contribution in [0.1, 0.15) is 10.6 Å². The number of fused-ring (bicyclic) bond motifs is 1. The summed E-state index contributed by atoms with van der Waals surface area (Å²) >= 11 is 1.70. The molecule has 1 N–H and O–H groups in total. The quantitative estimate of drug-likeness (QED) is 0.791. The van der Waals surface area contributed by atoms with Gasteiger partial charge in [0.1, 0.15) is 5.82 Å². The predicted molar refractivity (Wildman–Crippen MR) is 78.6 cm³/mol. The fraction of sp³-hybridized carbons (Fsp3) is 0.214. The van der Waals surface area contributed by atoms with Gasteiger partial charge in [-0.1, -0.05) is 0 Å². The van der Waals surface area contributed by atoms with E-state index in [9.17, 15) is 0 Å². The molecule has 96 valence electrons. The van der Waals surface area contributed by atoms with Crippen LogP contribution in [-0.2, 0) is 6.42 Å². The van der Waals surface area contributed by atoms with Gasteiger partial charge >= 0.3 is 0 Å². The molecule has 0 aromatic carbocycles. The number of rotatable bonds is 4. The Kier molecular flexibility index (Phi) is 3.37. The smallest absolute Gasteiger partial charge is 0.135 e. The van der Waals surface area contributed by atoms with Gasteiger partial charge in [-0.15, -0.1) is 11.3 Å². The second-order valence-electron chi connectivity index (χ2n) is 4.29. The van der Waals surface area contributed by atoms with Crippen molar-refractivity contribution in [1.82, 2.24) is 15.0 Å². The summed E-state index contributed by atoms with van der Waals surface area (Å²) < 4.78 is 0. The van der Waals surface area contributed by atoms with Crippen LogP contribution in [0.2, 0.25) is 0 Å². The maximum Gasteiger partial charge on any atom is 0.135 e. The normalized spacial score (nSPS) is 10.8. The number of nitrogens with zero attached hydrogens (tertiary/aromatic N) is 3.